The van der Waals surface area contributed by atoms with Crippen LogP contribution in [0.5, 0.6) is 11.5 Å². The number of ether oxygens (including phenoxy) is 3. The molecular weight excluding hydrogens is 514 g/mol. The number of nitrogens with one attached hydrogen (secondary N) is 1. The van der Waals surface area contributed by atoms with Gasteiger partial charge in [0.2, 0.25) is 5.91 Å². The predicted molar refractivity (Wildman–Crippen MR) is 131 cm³/mol. The second-order valence-electron chi connectivity index (χ2n) is 9.85. The molecule has 3 aliphatic rings. The zero-order chi connectivity index (χ0) is 27.6. The second-order valence-corrected chi connectivity index (χ2v) is 9.85. The van der Waals surface area contributed by atoms with Crippen molar-refractivity contribution in [1.82, 2.24) is 14.9 Å². The van der Waals surface area contributed by atoms with Gasteiger partial charge in [-0.05, 0) is 36.5 Å². The molecule has 1 saturated carbocycles. The molecule has 1 fully saturated rings. The van der Waals surface area contributed by atoms with E-state index in [0.717, 1.165) is 12.8 Å². The van der Waals surface area contributed by atoms with Crippen LogP contribution in [0.3, 0.4) is 0 Å². The molecule has 3 aromatic rings. The summed E-state index contributed by atoms with van der Waals surface area (Å²) in [7, 11) is 1.39. The van der Waals surface area contributed by atoms with Crippen LogP contribution < -0.4 is 20.3 Å². The summed E-state index contributed by atoms with van der Waals surface area (Å²) < 4.78 is 16.7. The standard InChI is InChI=1S/C26H25N3O10/c1-37-10-16-13(19(31)9-30)4-18-22-15(8-29(18)25(16)34)14(7-27-24(33)23(32)11-2-3-11)12-5-20-21(6-17(12)28-22)39-26(35,36)38-20/h4-6,9,11,19,23,31-32,35-36H,2-3,7-8,10H2,1H3,(H,27,33). The Morgan fingerprint density at radius 3 is 2.62 bits per heavy atom. The number of pyridine rings is 2. The Hall–Kier alpha value is -3.88. The molecule has 4 heterocycles. The summed E-state index contributed by atoms with van der Waals surface area (Å²) in [4.78, 5) is 42.2. The van der Waals surface area contributed by atoms with E-state index in [1.807, 2.05) is 0 Å². The average Bonchev–Trinajstić information content (AvgIpc) is 3.62. The number of methoxy groups -OCH3 is 1. The van der Waals surface area contributed by atoms with E-state index in [0.29, 0.717) is 39.7 Å². The molecule has 13 heteroatoms. The SMILES string of the molecule is COCc1c(C(O)C=O)cc2n(c1=O)Cc1c-2nc2cc3c(cc2c1CNC(=O)C(O)C1CC1)OC(O)(O)O3. The smallest absolute Gasteiger partial charge is 0.403 e. The highest BCUT2D eigenvalue weighted by Gasteiger charge is 2.39. The van der Waals surface area contributed by atoms with Gasteiger partial charge in [-0.3, -0.25) is 19.8 Å². The van der Waals surface area contributed by atoms with Crippen LogP contribution in [-0.4, -0.2) is 61.5 Å². The number of hydrogen-bond acceptors (Lipinski definition) is 11. The number of hydrogen-bond donors (Lipinski definition) is 5. The van der Waals surface area contributed by atoms with Crippen LogP contribution in [0.2, 0.25) is 0 Å². The van der Waals surface area contributed by atoms with Crippen molar-refractivity contribution in [2.24, 2.45) is 5.92 Å². The van der Waals surface area contributed by atoms with Crippen molar-refractivity contribution in [3.05, 3.63) is 50.8 Å². The lowest BCUT2D eigenvalue weighted by molar-refractivity contribution is -0.385. The van der Waals surface area contributed by atoms with Gasteiger partial charge < -0.3 is 39.1 Å². The monoisotopic (exact) mass is 539 g/mol. The lowest BCUT2D eigenvalue weighted by Crippen LogP contribution is -2.37. The molecule has 2 aromatic heterocycles. The molecule has 0 saturated heterocycles. The largest absolute Gasteiger partial charge is 0.505 e. The maximum Gasteiger partial charge on any atom is 0.505 e. The summed E-state index contributed by atoms with van der Waals surface area (Å²) in [6, 6.07) is 4.44. The number of aromatic nitrogens is 2. The molecule has 13 nitrogen and oxygen atoms in total. The summed E-state index contributed by atoms with van der Waals surface area (Å²) in [6.45, 7) is -0.0988. The average molecular weight is 539 g/mol. The van der Waals surface area contributed by atoms with Crippen LogP contribution in [0, 0.1) is 5.92 Å². The van der Waals surface area contributed by atoms with Crippen LogP contribution >= 0.6 is 0 Å². The highest BCUT2D eigenvalue weighted by Crippen LogP contribution is 2.44. The van der Waals surface area contributed by atoms with Gasteiger partial charge in [-0.2, -0.15) is 0 Å². The molecule has 0 bridgehead atoms. The zero-order valence-electron chi connectivity index (χ0n) is 20.7. The number of aldehydes is 1. The molecule has 1 aliphatic carbocycles. The second kappa shape index (κ2) is 9.10. The minimum atomic E-state index is -2.86. The molecule has 0 radical (unpaired) electrons. The quantitative estimate of drug-likeness (QED) is 0.144. The fourth-order valence-corrected chi connectivity index (χ4v) is 5.18. The number of nitrogens with zero attached hydrogens (tertiary/aromatic N) is 2. The van der Waals surface area contributed by atoms with E-state index in [9.17, 15) is 34.8 Å². The number of rotatable bonds is 8. The molecule has 39 heavy (non-hydrogen) atoms. The summed E-state index contributed by atoms with van der Waals surface area (Å²) in [6.07, 6.45) is -3.70. The van der Waals surface area contributed by atoms with Gasteiger partial charge in [0.25, 0.3) is 5.56 Å². The topological polar surface area (TPSA) is 190 Å². The Balaban J connectivity index is 1.52. The van der Waals surface area contributed by atoms with E-state index >= 15 is 0 Å². The van der Waals surface area contributed by atoms with Crippen molar-refractivity contribution in [2.45, 2.75) is 50.9 Å². The van der Waals surface area contributed by atoms with Gasteiger partial charge in [-0.15, -0.1) is 0 Å². The first kappa shape index (κ1) is 25.4. The lowest BCUT2D eigenvalue weighted by Gasteiger charge is -2.15. The molecule has 2 unspecified atom stereocenters. The molecule has 0 spiro atoms. The van der Waals surface area contributed by atoms with E-state index in [1.54, 1.807) is 0 Å². The number of carbonyl (C=O) groups is 2. The number of amides is 1. The van der Waals surface area contributed by atoms with E-state index in [2.05, 4.69) is 5.32 Å². The Labute approximate surface area is 220 Å². The van der Waals surface area contributed by atoms with Crippen LogP contribution in [0.15, 0.2) is 23.0 Å². The minimum absolute atomic E-state index is 0.0157. The van der Waals surface area contributed by atoms with Crippen molar-refractivity contribution in [3.8, 4) is 22.9 Å². The number of aliphatic hydroxyl groups is 4. The van der Waals surface area contributed by atoms with Gasteiger partial charge in [0.1, 0.15) is 12.2 Å². The first-order valence-electron chi connectivity index (χ1n) is 12.3. The van der Waals surface area contributed by atoms with Gasteiger partial charge in [-0.25, -0.2) is 4.98 Å². The van der Waals surface area contributed by atoms with Crippen LogP contribution in [0.1, 0.15) is 41.2 Å². The Morgan fingerprint density at radius 2 is 1.95 bits per heavy atom. The summed E-state index contributed by atoms with van der Waals surface area (Å²) in [5, 5.41) is 43.4. The van der Waals surface area contributed by atoms with Gasteiger partial charge in [0.05, 0.1) is 30.1 Å². The molecule has 6 rings (SSSR count). The van der Waals surface area contributed by atoms with E-state index < -0.39 is 29.8 Å². The maximum atomic E-state index is 13.5. The Morgan fingerprint density at radius 1 is 1.23 bits per heavy atom. The van der Waals surface area contributed by atoms with E-state index in [-0.39, 0.29) is 48.2 Å². The van der Waals surface area contributed by atoms with Crippen molar-refractivity contribution in [1.29, 1.82) is 0 Å². The summed E-state index contributed by atoms with van der Waals surface area (Å²) in [5.74, 6) is -0.563. The van der Waals surface area contributed by atoms with Gasteiger partial charge in [-0.1, -0.05) is 0 Å². The Bertz CT molecular complexity index is 1590. The van der Waals surface area contributed by atoms with Crippen molar-refractivity contribution < 1.29 is 44.2 Å². The lowest BCUT2D eigenvalue weighted by atomic mass is 9.99. The zero-order valence-corrected chi connectivity index (χ0v) is 20.7. The molecule has 1 aromatic carbocycles. The Kier molecular flexibility index (Phi) is 5.93. The number of benzene rings is 1. The molecule has 2 aliphatic heterocycles. The number of carbonyl (C=O) groups excluding carboxylic acids is 2. The van der Waals surface area contributed by atoms with Crippen molar-refractivity contribution >= 4 is 23.1 Å². The predicted octanol–water partition coefficient (Wildman–Crippen LogP) is -0.442. The highest BCUT2D eigenvalue weighted by atomic mass is 17.0. The van der Waals surface area contributed by atoms with Gasteiger partial charge >= 0.3 is 6.16 Å². The third-order valence-electron chi connectivity index (χ3n) is 7.26. The third-order valence-corrected chi connectivity index (χ3v) is 7.26. The van der Waals surface area contributed by atoms with Crippen LogP contribution in [0.25, 0.3) is 22.3 Å². The highest BCUT2D eigenvalue weighted by molar-refractivity contribution is 5.91. The van der Waals surface area contributed by atoms with Gasteiger partial charge in [0, 0.05) is 41.8 Å². The van der Waals surface area contributed by atoms with Crippen molar-refractivity contribution in [2.75, 3.05) is 7.11 Å². The molecule has 5 N–H and O–H groups in total. The molecule has 2 atom stereocenters. The fraction of sp³-hybridized carbons (Fsp3) is 0.385. The molecule has 204 valence electrons. The maximum absolute atomic E-state index is 13.5. The fourth-order valence-electron chi connectivity index (χ4n) is 5.18. The first-order valence-corrected chi connectivity index (χ1v) is 12.3. The van der Waals surface area contributed by atoms with Crippen LogP contribution in [0.4, 0.5) is 0 Å². The summed E-state index contributed by atoms with van der Waals surface area (Å²) in [5.41, 5.74) is 1.94. The first-order chi connectivity index (χ1) is 18.6. The van der Waals surface area contributed by atoms with Gasteiger partial charge in [0.15, 0.2) is 17.8 Å². The normalized spacial score (nSPS) is 18.0. The molecular formula is C26H25N3O10. The van der Waals surface area contributed by atoms with Crippen molar-refractivity contribution in [3.63, 3.8) is 0 Å². The minimum Gasteiger partial charge on any atom is -0.403 e. The van der Waals surface area contributed by atoms with E-state index in [4.69, 9.17) is 19.2 Å². The van der Waals surface area contributed by atoms with E-state index in [1.165, 1.54) is 29.9 Å². The summed E-state index contributed by atoms with van der Waals surface area (Å²) >= 11 is 0. The number of aliphatic hydroxyl groups excluding tert-OH is 2. The van der Waals surface area contributed by atoms with Crippen LogP contribution in [-0.2, 0) is 34.0 Å². The number of fused-ring (bicyclic) bond motifs is 5. The third kappa shape index (κ3) is 4.24. The molecule has 1 amide bonds.